The molecule has 0 N–H and O–H groups in total. The highest BCUT2D eigenvalue weighted by Gasteiger charge is 2.56. The van der Waals surface area contributed by atoms with Crippen LogP contribution in [-0.2, 0) is 9.59 Å². The Kier molecular flexibility index (Phi) is 3.41. The van der Waals surface area contributed by atoms with Gasteiger partial charge in [0.15, 0.2) is 5.78 Å². The van der Waals surface area contributed by atoms with E-state index in [9.17, 15) is 9.59 Å². The average molecular weight is 322 g/mol. The molecule has 0 unspecified atom stereocenters. The van der Waals surface area contributed by atoms with Gasteiger partial charge in [-0.15, -0.1) is 0 Å². The van der Waals surface area contributed by atoms with Crippen LogP contribution >= 0.6 is 0 Å². The lowest BCUT2D eigenvalue weighted by molar-refractivity contribution is -0.115. The van der Waals surface area contributed by atoms with E-state index < -0.39 is 0 Å². The molecule has 0 radical (unpaired) electrons. The molecular weight excluding hydrogens is 296 g/mol. The van der Waals surface area contributed by atoms with Gasteiger partial charge in [0.05, 0.1) is 0 Å². The SMILES string of the molecule is C=C1C[C@H]2[C@@H]3CCC4=CC(=O)CC[C@]4(C)C3=CC[C@]2(C)[C@@H]1C=C=O. The fourth-order valence-corrected chi connectivity index (χ4v) is 6.23. The van der Waals surface area contributed by atoms with Gasteiger partial charge in [0, 0.05) is 23.8 Å². The van der Waals surface area contributed by atoms with Crippen molar-refractivity contribution in [3.05, 3.63) is 41.5 Å². The van der Waals surface area contributed by atoms with Gasteiger partial charge in [-0.2, -0.15) is 0 Å². The molecule has 0 amide bonds. The van der Waals surface area contributed by atoms with Crippen LogP contribution in [0.1, 0.15) is 52.4 Å². The molecule has 4 aliphatic carbocycles. The highest BCUT2D eigenvalue weighted by Crippen LogP contribution is 2.65. The largest absolute Gasteiger partial charge is 0.295 e. The Labute approximate surface area is 144 Å². The number of allylic oxidation sites excluding steroid dienone is 6. The Morgan fingerprint density at radius 3 is 2.88 bits per heavy atom. The maximum atomic E-state index is 11.9. The molecule has 24 heavy (non-hydrogen) atoms. The highest BCUT2D eigenvalue weighted by atomic mass is 16.1. The van der Waals surface area contributed by atoms with Crippen LogP contribution in [0, 0.1) is 28.6 Å². The van der Waals surface area contributed by atoms with Crippen LogP contribution in [0.25, 0.3) is 0 Å². The van der Waals surface area contributed by atoms with Crippen molar-refractivity contribution in [1.29, 1.82) is 0 Å². The van der Waals surface area contributed by atoms with Crippen molar-refractivity contribution < 1.29 is 9.59 Å². The Morgan fingerprint density at radius 1 is 1.33 bits per heavy atom. The standard InChI is InChI=1S/C22H26O2/c1-14-12-20-17-5-4-15-13-16(24)6-9-21(15,2)19(17)7-10-22(20,3)18(14)8-11-23/h7-8,13,17-18,20H,1,4-6,9-10,12H2,2-3H3/t17-,18-,20+,21+,22-/m1/s1. The molecule has 0 aromatic heterocycles. The van der Waals surface area contributed by atoms with Gasteiger partial charge in [-0.05, 0) is 55.4 Å². The lowest BCUT2D eigenvalue weighted by Gasteiger charge is -2.53. The van der Waals surface area contributed by atoms with E-state index in [0.717, 1.165) is 32.1 Å². The summed E-state index contributed by atoms with van der Waals surface area (Å²) in [6.07, 6.45) is 11.9. The predicted octanol–water partition coefficient (Wildman–Crippen LogP) is 4.61. The van der Waals surface area contributed by atoms with E-state index in [1.165, 1.54) is 11.1 Å². The number of rotatable bonds is 1. The van der Waals surface area contributed by atoms with Gasteiger partial charge < -0.3 is 0 Å². The summed E-state index contributed by atoms with van der Waals surface area (Å²) in [5, 5.41) is 0. The van der Waals surface area contributed by atoms with Gasteiger partial charge in [0.25, 0.3) is 0 Å². The summed E-state index contributed by atoms with van der Waals surface area (Å²) in [7, 11) is 0. The van der Waals surface area contributed by atoms with Crippen molar-refractivity contribution in [3.63, 3.8) is 0 Å². The minimum Gasteiger partial charge on any atom is -0.295 e. The van der Waals surface area contributed by atoms with Gasteiger partial charge in [0.1, 0.15) is 5.94 Å². The molecule has 4 rings (SSSR count). The third kappa shape index (κ3) is 1.96. The van der Waals surface area contributed by atoms with E-state index in [1.807, 2.05) is 12.0 Å². The van der Waals surface area contributed by atoms with Crippen LogP contribution in [-0.4, -0.2) is 11.7 Å². The molecule has 0 saturated heterocycles. The lowest BCUT2D eigenvalue weighted by atomic mass is 9.51. The maximum absolute atomic E-state index is 11.9. The second-order valence-electron chi connectivity index (χ2n) is 8.71. The molecule has 126 valence electrons. The van der Waals surface area contributed by atoms with Gasteiger partial charge in [-0.1, -0.05) is 43.2 Å². The molecule has 0 heterocycles. The summed E-state index contributed by atoms with van der Waals surface area (Å²) in [6.45, 7) is 8.96. The Morgan fingerprint density at radius 2 is 2.12 bits per heavy atom. The molecule has 0 aromatic rings. The molecule has 2 saturated carbocycles. The van der Waals surface area contributed by atoms with Gasteiger partial charge in [-0.25, -0.2) is 4.79 Å². The monoisotopic (exact) mass is 322 g/mol. The molecule has 0 aromatic carbocycles. The third-order valence-corrected chi connectivity index (χ3v) is 7.64. The zero-order chi connectivity index (χ0) is 17.1. The summed E-state index contributed by atoms with van der Waals surface area (Å²) < 4.78 is 0. The zero-order valence-corrected chi connectivity index (χ0v) is 14.7. The van der Waals surface area contributed by atoms with Crippen molar-refractivity contribution in [1.82, 2.24) is 0 Å². The highest BCUT2D eigenvalue weighted by molar-refractivity contribution is 5.92. The summed E-state index contributed by atoms with van der Waals surface area (Å²) in [5.41, 5.74) is 4.30. The van der Waals surface area contributed by atoms with Crippen LogP contribution < -0.4 is 0 Å². The summed E-state index contributed by atoms with van der Waals surface area (Å²) in [5.74, 6) is 3.62. The van der Waals surface area contributed by atoms with Gasteiger partial charge in [-0.3, -0.25) is 4.79 Å². The van der Waals surface area contributed by atoms with E-state index in [1.54, 1.807) is 11.6 Å². The molecule has 4 aliphatic rings. The fraction of sp³-hybridized carbons (Fsp3) is 0.591. The normalized spacial score (nSPS) is 43.8. The minimum atomic E-state index is 0.0814. The molecule has 5 atom stereocenters. The Bertz CT molecular complexity index is 733. The molecule has 0 bridgehead atoms. The first-order chi connectivity index (χ1) is 11.4. The summed E-state index contributed by atoms with van der Waals surface area (Å²) in [4.78, 5) is 22.9. The second-order valence-corrected chi connectivity index (χ2v) is 8.71. The summed E-state index contributed by atoms with van der Waals surface area (Å²) in [6, 6.07) is 0. The van der Waals surface area contributed by atoms with E-state index in [4.69, 9.17) is 0 Å². The van der Waals surface area contributed by atoms with Crippen molar-refractivity contribution in [2.75, 3.05) is 0 Å². The van der Waals surface area contributed by atoms with E-state index >= 15 is 0 Å². The Hall–Kier alpha value is -1.66. The Balaban J connectivity index is 1.77. The quantitative estimate of drug-likeness (QED) is 0.522. The average Bonchev–Trinajstić information content (AvgIpc) is 2.80. The van der Waals surface area contributed by atoms with E-state index in [0.29, 0.717) is 24.0 Å². The molecule has 0 spiro atoms. The van der Waals surface area contributed by atoms with Crippen LogP contribution in [0.5, 0.6) is 0 Å². The molecule has 2 nitrogen and oxygen atoms in total. The number of fused-ring (bicyclic) bond motifs is 5. The molecule has 2 fully saturated rings. The van der Waals surface area contributed by atoms with E-state index in [-0.39, 0.29) is 16.7 Å². The van der Waals surface area contributed by atoms with Crippen LogP contribution in [0.3, 0.4) is 0 Å². The molecule has 2 heteroatoms. The zero-order valence-electron chi connectivity index (χ0n) is 14.7. The maximum Gasteiger partial charge on any atom is 0.155 e. The van der Waals surface area contributed by atoms with Crippen LogP contribution in [0.4, 0.5) is 0 Å². The molecule has 0 aliphatic heterocycles. The van der Waals surface area contributed by atoms with E-state index in [2.05, 4.69) is 26.5 Å². The predicted molar refractivity (Wildman–Crippen MR) is 95.0 cm³/mol. The van der Waals surface area contributed by atoms with Crippen molar-refractivity contribution in [3.8, 4) is 0 Å². The number of carbonyl (C=O) groups excluding carboxylic acids is 2. The second kappa shape index (κ2) is 5.17. The first-order valence-corrected chi connectivity index (χ1v) is 9.23. The smallest absolute Gasteiger partial charge is 0.155 e. The number of carbonyl (C=O) groups is 1. The van der Waals surface area contributed by atoms with Crippen LogP contribution in [0.2, 0.25) is 0 Å². The summed E-state index contributed by atoms with van der Waals surface area (Å²) >= 11 is 0. The lowest BCUT2D eigenvalue weighted by Crippen LogP contribution is -2.44. The van der Waals surface area contributed by atoms with Crippen LogP contribution in [0.15, 0.2) is 41.5 Å². The number of ketones is 1. The van der Waals surface area contributed by atoms with Crippen molar-refractivity contribution >= 4 is 11.7 Å². The molecular formula is C22H26O2. The number of hydrogen-bond acceptors (Lipinski definition) is 2. The van der Waals surface area contributed by atoms with Crippen molar-refractivity contribution in [2.24, 2.45) is 28.6 Å². The minimum absolute atomic E-state index is 0.0814. The fourth-order valence-electron chi connectivity index (χ4n) is 6.23. The van der Waals surface area contributed by atoms with Crippen molar-refractivity contribution in [2.45, 2.75) is 52.4 Å². The third-order valence-electron chi connectivity index (χ3n) is 7.64. The topological polar surface area (TPSA) is 34.1 Å². The van der Waals surface area contributed by atoms with Gasteiger partial charge in [0.2, 0.25) is 0 Å². The van der Waals surface area contributed by atoms with Gasteiger partial charge >= 0.3 is 0 Å². The first-order valence-electron chi connectivity index (χ1n) is 9.23. The number of hydrogen-bond donors (Lipinski definition) is 0. The first kappa shape index (κ1) is 15.8.